The Morgan fingerprint density at radius 3 is 2.50 bits per heavy atom. The molecule has 3 nitrogen and oxygen atoms in total. The number of nitrogens with zero attached hydrogens (tertiary/aromatic N) is 1. The Morgan fingerprint density at radius 2 is 1.95 bits per heavy atom. The monoisotopic (exact) mass is 319 g/mol. The summed E-state index contributed by atoms with van der Waals surface area (Å²) >= 11 is 5.70. The van der Waals surface area contributed by atoms with Crippen LogP contribution in [0.25, 0.3) is 0 Å². The zero-order chi connectivity index (χ0) is 14.9. The molecule has 0 aliphatic heterocycles. The first-order valence-corrected chi connectivity index (χ1v) is 8.68. The quantitative estimate of drug-likeness (QED) is 0.797. The molecule has 0 atom stereocenters. The molecule has 1 aromatic rings. The first kappa shape index (κ1) is 15.7. The van der Waals surface area contributed by atoms with Crippen LogP contribution in [0.1, 0.15) is 36.8 Å². The zero-order valence-electron chi connectivity index (χ0n) is 11.7. The maximum Gasteiger partial charge on any atom is 0.243 e. The van der Waals surface area contributed by atoms with Crippen molar-refractivity contribution < 1.29 is 12.8 Å². The van der Waals surface area contributed by atoms with E-state index in [2.05, 4.69) is 0 Å². The van der Waals surface area contributed by atoms with Crippen LogP contribution >= 0.6 is 11.6 Å². The third kappa shape index (κ3) is 2.85. The molecule has 0 unspecified atom stereocenters. The van der Waals surface area contributed by atoms with Crippen molar-refractivity contribution in [2.45, 2.75) is 49.4 Å². The van der Waals surface area contributed by atoms with Crippen molar-refractivity contribution >= 4 is 21.6 Å². The predicted octanol–water partition coefficient (Wildman–Crippen LogP) is 3.44. The third-order valence-electron chi connectivity index (χ3n) is 4.01. The fourth-order valence-electron chi connectivity index (χ4n) is 2.67. The Balaban J connectivity index is 2.45. The maximum absolute atomic E-state index is 13.9. The van der Waals surface area contributed by atoms with E-state index in [1.807, 2.05) is 0 Å². The van der Waals surface area contributed by atoms with Crippen molar-refractivity contribution in [3.05, 3.63) is 29.1 Å². The topological polar surface area (TPSA) is 37.4 Å². The molecule has 1 aliphatic carbocycles. The summed E-state index contributed by atoms with van der Waals surface area (Å²) < 4.78 is 40.6. The highest BCUT2D eigenvalue weighted by molar-refractivity contribution is 7.89. The highest BCUT2D eigenvalue weighted by Crippen LogP contribution is 2.30. The van der Waals surface area contributed by atoms with E-state index in [9.17, 15) is 12.8 Å². The summed E-state index contributed by atoms with van der Waals surface area (Å²) in [5.41, 5.74) is 0.636. The van der Waals surface area contributed by atoms with Gasteiger partial charge in [-0.1, -0.05) is 12.8 Å². The number of hydrogen-bond acceptors (Lipinski definition) is 2. The summed E-state index contributed by atoms with van der Waals surface area (Å²) in [4.78, 5) is 0.0301. The summed E-state index contributed by atoms with van der Waals surface area (Å²) in [5.74, 6) is -0.436. The summed E-state index contributed by atoms with van der Waals surface area (Å²) in [6.45, 7) is 1.49. The van der Waals surface area contributed by atoms with Crippen molar-refractivity contribution in [3.63, 3.8) is 0 Å². The molecular formula is C14H19ClFNO2S. The van der Waals surface area contributed by atoms with E-state index in [0.717, 1.165) is 25.7 Å². The van der Waals surface area contributed by atoms with Gasteiger partial charge in [0.1, 0.15) is 5.82 Å². The molecule has 1 saturated carbocycles. The first-order valence-electron chi connectivity index (χ1n) is 6.71. The van der Waals surface area contributed by atoms with E-state index >= 15 is 0 Å². The second-order valence-electron chi connectivity index (χ2n) is 5.29. The van der Waals surface area contributed by atoms with Gasteiger partial charge < -0.3 is 0 Å². The molecule has 0 heterocycles. The van der Waals surface area contributed by atoms with Gasteiger partial charge in [0.25, 0.3) is 0 Å². The number of sulfonamides is 1. The van der Waals surface area contributed by atoms with Crippen molar-refractivity contribution in [1.29, 1.82) is 0 Å². The minimum Gasteiger partial charge on any atom is -0.207 e. The molecule has 6 heteroatoms. The smallest absolute Gasteiger partial charge is 0.207 e. The van der Waals surface area contributed by atoms with E-state index in [1.165, 1.54) is 23.4 Å². The number of alkyl halides is 1. The van der Waals surface area contributed by atoms with E-state index in [1.54, 1.807) is 7.05 Å². The molecular weight excluding hydrogens is 301 g/mol. The molecule has 0 amide bonds. The lowest BCUT2D eigenvalue weighted by Crippen LogP contribution is -2.35. The zero-order valence-corrected chi connectivity index (χ0v) is 13.3. The third-order valence-corrected chi connectivity index (χ3v) is 6.35. The van der Waals surface area contributed by atoms with Crippen LogP contribution in [0.2, 0.25) is 0 Å². The van der Waals surface area contributed by atoms with Crippen LogP contribution < -0.4 is 0 Å². The Labute approximate surface area is 124 Å². The Hall–Kier alpha value is -0.650. The Morgan fingerprint density at radius 1 is 1.35 bits per heavy atom. The first-order chi connectivity index (χ1) is 9.37. The van der Waals surface area contributed by atoms with Crippen LogP contribution in [0.3, 0.4) is 0 Å². The van der Waals surface area contributed by atoms with Gasteiger partial charge in [-0.2, -0.15) is 4.31 Å². The standard InChI is InChI=1S/C14H19ClFNO2S/c1-10-13(16)7-11(9-15)8-14(10)20(18,19)17(2)12-5-3-4-6-12/h7-8,12H,3-6,9H2,1-2H3. The number of halogens is 2. The van der Waals surface area contributed by atoms with Crippen molar-refractivity contribution in [1.82, 2.24) is 4.31 Å². The SMILES string of the molecule is Cc1c(F)cc(CCl)cc1S(=O)(=O)N(C)C1CCCC1. The van der Waals surface area contributed by atoms with Crippen LogP contribution in [-0.2, 0) is 15.9 Å². The van der Waals surface area contributed by atoms with Gasteiger partial charge in [-0.15, -0.1) is 11.6 Å². The lowest BCUT2D eigenvalue weighted by molar-refractivity contribution is 0.372. The molecule has 20 heavy (non-hydrogen) atoms. The van der Waals surface area contributed by atoms with Crippen molar-refractivity contribution in [2.24, 2.45) is 0 Å². The van der Waals surface area contributed by atoms with Gasteiger partial charge in [-0.25, -0.2) is 12.8 Å². The Bertz CT molecular complexity index is 597. The summed E-state index contributed by atoms with van der Waals surface area (Å²) in [6, 6.07) is 2.78. The molecule has 0 N–H and O–H groups in total. The lowest BCUT2D eigenvalue weighted by Gasteiger charge is -2.24. The maximum atomic E-state index is 13.9. The van der Waals surface area contributed by atoms with Gasteiger partial charge in [-0.05, 0) is 37.5 Å². The van der Waals surface area contributed by atoms with Gasteiger partial charge in [-0.3, -0.25) is 0 Å². The molecule has 0 bridgehead atoms. The van der Waals surface area contributed by atoms with E-state index in [4.69, 9.17) is 11.6 Å². The van der Waals surface area contributed by atoms with Gasteiger partial charge in [0.05, 0.1) is 4.90 Å². The van der Waals surface area contributed by atoms with Gasteiger partial charge in [0.15, 0.2) is 0 Å². The minimum atomic E-state index is -3.67. The van der Waals surface area contributed by atoms with Crippen LogP contribution in [0.4, 0.5) is 4.39 Å². The number of rotatable bonds is 4. The fraction of sp³-hybridized carbons (Fsp3) is 0.571. The van der Waals surface area contributed by atoms with E-state index in [0.29, 0.717) is 5.56 Å². The number of hydrogen-bond donors (Lipinski definition) is 0. The Kier molecular flexibility index (Phi) is 4.72. The molecule has 1 aromatic carbocycles. The molecule has 0 aromatic heterocycles. The van der Waals surface area contributed by atoms with Gasteiger partial charge >= 0.3 is 0 Å². The van der Waals surface area contributed by atoms with E-state index < -0.39 is 15.8 Å². The predicted molar refractivity (Wildman–Crippen MR) is 77.9 cm³/mol. The normalized spacial score (nSPS) is 17.1. The molecule has 112 valence electrons. The van der Waals surface area contributed by atoms with Crippen molar-refractivity contribution in [3.8, 4) is 0 Å². The number of benzene rings is 1. The molecule has 0 saturated heterocycles. The molecule has 0 spiro atoms. The molecule has 1 aliphatic rings. The molecule has 1 fully saturated rings. The average Bonchev–Trinajstić information content (AvgIpc) is 2.94. The fourth-order valence-corrected chi connectivity index (χ4v) is 4.52. The van der Waals surface area contributed by atoms with Crippen LogP contribution in [0, 0.1) is 12.7 Å². The lowest BCUT2D eigenvalue weighted by atomic mass is 10.1. The molecule has 0 radical (unpaired) electrons. The largest absolute Gasteiger partial charge is 0.243 e. The highest BCUT2D eigenvalue weighted by Gasteiger charge is 2.31. The second-order valence-corrected chi connectivity index (χ2v) is 7.53. The summed E-state index contributed by atoms with van der Waals surface area (Å²) in [5, 5.41) is 0. The van der Waals surface area contributed by atoms with Gasteiger partial charge in [0, 0.05) is 24.5 Å². The second kappa shape index (κ2) is 6.00. The van der Waals surface area contributed by atoms with E-state index in [-0.39, 0.29) is 22.4 Å². The van der Waals surface area contributed by atoms with Crippen molar-refractivity contribution in [2.75, 3.05) is 7.05 Å². The minimum absolute atomic E-state index is 0.0159. The van der Waals surface area contributed by atoms with Crippen LogP contribution in [0.5, 0.6) is 0 Å². The van der Waals surface area contributed by atoms with Crippen LogP contribution in [-0.4, -0.2) is 25.8 Å². The van der Waals surface area contributed by atoms with Gasteiger partial charge in [0.2, 0.25) is 10.0 Å². The van der Waals surface area contributed by atoms with Crippen LogP contribution in [0.15, 0.2) is 17.0 Å². The summed E-state index contributed by atoms with van der Waals surface area (Å²) in [6.07, 6.45) is 3.82. The average molecular weight is 320 g/mol. The molecule has 2 rings (SSSR count). The highest BCUT2D eigenvalue weighted by atomic mass is 35.5. The summed E-state index contributed by atoms with van der Waals surface area (Å²) in [7, 11) is -2.09.